The molecule has 0 atom stereocenters. The molecule has 0 unspecified atom stereocenters. The molecule has 0 aliphatic carbocycles. The van der Waals surface area contributed by atoms with Crippen LogP contribution in [0.3, 0.4) is 0 Å². The Morgan fingerprint density at radius 1 is 1.27 bits per heavy atom. The van der Waals surface area contributed by atoms with Crippen molar-refractivity contribution in [3.05, 3.63) is 63.7 Å². The van der Waals surface area contributed by atoms with E-state index in [-0.39, 0.29) is 5.56 Å². The summed E-state index contributed by atoms with van der Waals surface area (Å²) in [5.41, 5.74) is 3.28. The Morgan fingerprint density at radius 2 is 2.04 bits per heavy atom. The van der Waals surface area contributed by atoms with Crippen molar-refractivity contribution < 1.29 is 13.9 Å². The number of halogens is 1. The third kappa shape index (κ3) is 3.76. The Hall–Kier alpha value is -2.31. The Bertz CT molecular complexity index is 1020. The van der Waals surface area contributed by atoms with Crippen LogP contribution in [0.4, 0.5) is 4.39 Å². The first-order chi connectivity index (χ1) is 12.5. The van der Waals surface area contributed by atoms with Crippen LogP contribution in [0.5, 0.6) is 0 Å². The quantitative estimate of drug-likeness (QED) is 0.629. The molecule has 3 aromatic rings. The molecule has 0 aliphatic rings. The molecule has 0 aliphatic heterocycles. The molecule has 4 nitrogen and oxygen atoms in total. The van der Waals surface area contributed by atoms with Gasteiger partial charge in [-0.3, -0.25) is 4.79 Å². The van der Waals surface area contributed by atoms with Crippen LogP contribution in [0.2, 0.25) is 0 Å². The molecule has 136 valence electrons. The maximum Gasteiger partial charge on any atom is 0.282 e. The summed E-state index contributed by atoms with van der Waals surface area (Å²) in [4.78, 5) is 17.3. The van der Waals surface area contributed by atoms with Gasteiger partial charge >= 0.3 is 0 Å². The summed E-state index contributed by atoms with van der Waals surface area (Å²) in [6, 6.07) is 10.1. The van der Waals surface area contributed by atoms with Gasteiger partial charge in [0.2, 0.25) is 0 Å². The molecule has 1 heterocycles. The number of ether oxygens (including phenoxy) is 1. The van der Waals surface area contributed by atoms with Crippen molar-refractivity contribution >= 4 is 27.5 Å². The predicted molar refractivity (Wildman–Crippen MR) is 102 cm³/mol. The molecule has 6 heteroatoms. The Morgan fingerprint density at radius 3 is 2.77 bits per heavy atom. The zero-order valence-corrected chi connectivity index (χ0v) is 15.9. The average Bonchev–Trinajstić information content (AvgIpc) is 2.93. The van der Waals surface area contributed by atoms with Gasteiger partial charge in [0.05, 0.1) is 22.4 Å². The number of hydrogen-bond acceptors (Lipinski definition) is 3. The smallest absolute Gasteiger partial charge is 0.282 e. The van der Waals surface area contributed by atoms with E-state index < -0.39 is 11.7 Å². The van der Waals surface area contributed by atoms with Gasteiger partial charge in [0.1, 0.15) is 5.82 Å². The van der Waals surface area contributed by atoms with Crippen molar-refractivity contribution in [2.24, 2.45) is 4.99 Å². The van der Waals surface area contributed by atoms with Crippen molar-refractivity contribution in [2.45, 2.75) is 27.3 Å². The van der Waals surface area contributed by atoms with Crippen LogP contribution < -0.4 is 4.80 Å². The lowest BCUT2D eigenvalue weighted by molar-refractivity contribution is 0.0993. The van der Waals surface area contributed by atoms with Crippen LogP contribution in [-0.2, 0) is 11.3 Å². The van der Waals surface area contributed by atoms with E-state index in [4.69, 9.17) is 4.74 Å². The summed E-state index contributed by atoms with van der Waals surface area (Å²) in [5, 5.41) is 0. The van der Waals surface area contributed by atoms with Crippen LogP contribution in [0, 0.1) is 19.7 Å². The maximum atomic E-state index is 13.9. The second kappa shape index (κ2) is 7.93. The third-order valence-corrected chi connectivity index (χ3v) is 5.31. The maximum absolute atomic E-state index is 13.9. The fraction of sp³-hybridized carbons (Fsp3) is 0.300. The molecule has 0 saturated heterocycles. The summed E-state index contributed by atoms with van der Waals surface area (Å²) >= 11 is 1.44. The van der Waals surface area contributed by atoms with Gasteiger partial charge in [-0.05, 0) is 50.1 Å². The molecule has 3 rings (SSSR count). The number of nitrogens with zero attached hydrogens (tertiary/aromatic N) is 2. The highest BCUT2D eigenvalue weighted by atomic mass is 32.1. The number of rotatable bonds is 5. The van der Waals surface area contributed by atoms with Crippen LogP contribution in [-0.4, -0.2) is 23.7 Å². The zero-order chi connectivity index (χ0) is 18.7. The van der Waals surface area contributed by atoms with Crippen molar-refractivity contribution in [3.63, 3.8) is 0 Å². The average molecular weight is 372 g/mol. The standard InChI is InChI=1S/C20H21FN2O2S/c1-4-25-10-9-23-17-12-13(2)11-14(3)18(17)26-20(23)22-19(24)15-7-5-6-8-16(15)21/h5-8,11-12H,4,9-10H2,1-3H3. The number of thiazole rings is 1. The number of aryl methyl sites for hydroxylation is 2. The van der Waals surface area contributed by atoms with Gasteiger partial charge in [0.25, 0.3) is 5.91 Å². The van der Waals surface area contributed by atoms with Crippen LogP contribution >= 0.6 is 11.3 Å². The Balaban J connectivity index is 2.14. The molecule has 0 radical (unpaired) electrons. The van der Waals surface area contributed by atoms with Crippen LogP contribution in [0.25, 0.3) is 10.2 Å². The number of carbonyl (C=O) groups is 1. The molecule has 0 spiro atoms. The first-order valence-electron chi connectivity index (χ1n) is 8.53. The van der Waals surface area contributed by atoms with Gasteiger partial charge in [-0.15, -0.1) is 0 Å². The Kier molecular flexibility index (Phi) is 5.64. The molecule has 0 bridgehead atoms. The topological polar surface area (TPSA) is 43.6 Å². The van der Waals surface area contributed by atoms with Gasteiger partial charge in [-0.1, -0.05) is 29.5 Å². The minimum absolute atomic E-state index is 0.0192. The van der Waals surface area contributed by atoms with Gasteiger partial charge in [-0.2, -0.15) is 4.99 Å². The third-order valence-electron chi connectivity index (χ3n) is 4.08. The minimum atomic E-state index is -0.575. The molecule has 26 heavy (non-hydrogen) atoms. The number of amides is 1. The molecule has 1 amide bonds. The minimum Gasteiger partial charge on any atom is -0.380 e. The first-order valence-corrected chi connectivity index (χ1v) is 9.35. The number of benzene rings is 2. The summed E-state index contributed by atoms with van der Waals surface area (Å²) < 4.78 is 22.4. The van der Waals surface area contributed by atoms with Gasteiger partial charge in [0, 0.05) is 13.2 Å². The highest BCUT2D eigenvalue weighted by Crippen LogP contribution is 2.23. The molecule has 0 N–H and O–H groups in total. The van der Waals surface area contributed by atoms with Crippen molar-refractivity contribution in [2.75, 3.05) is 13.2 Å². The van der Waals surface area contributed by atoms with E-state index in [2.05, 4.69) is 17.1 Å². The first kappa shape index (κ1) is 18.5. The van der Waals surface area contributed by atoms with E-state index in [1.54, 1.807) is 12.1 Å². The van der Waals surface area contributed by atoms with Gasteiger partial charge in [0.15, 0.2) is 4.80 Å². The molecule has 2 aromatic carbocycles. The summed E-state index contributed by atoms with van der Waals surface area (Å²) in [6.45, 7) is 7.76. The summed E-state index contributed by atoms with van der Waals surface area (Å²) in [7, 11) is 0. The van der Waals surface area contributed by atoms with E-state index in [1.165, 1.54) is 23.5 Å². The van der Waals surface area contributed by atoms with Gasteiger partial charge in [-0.25, -0.2) is 4.39 Å². The van der Waals surface area contributed by atoms with E-state index in [1.807, 2.05) is 25.3 Å². The highest BCUT2D eigenvalue weighted by molar-refractivity contribution is 7.16. The van der Waals surface area contributed by atoms with E-state index in [0.717, 1.165) is 21.3 Å². The molecule has 0 fully saturated rings. The van der Waals surface area contributed by atoms with E-state index in [0.29, 0.717) is 24.6 Å². The second-order valence-electron chi connectivity index (χ2n) is 6.06. The van der Waals surface area contributed by atoms with Crippen molar-refractivity contribution in [1.29, 1.82) is 0 Å². The van der Waals surface area contributed by atoms with Crippen LogP contribution in [0.1, 0.15) is 28.4 Å². The fourth-order valence-electron chi connectivity index (χ4n) is 2.90. The van der Waals surface area contributed by atoms with E-state index in [9.17, 15) is 9.18 Å². The normalized spacial score (nSPS) is 12.1. The number of fused-ring (bicyclic) bond motifs is 1. The summed E-state index contributed by atoms with van der Waals surface area (Å²) in [6.07, 6.45) is 0. The van der Waals surface area contributed by atoms with Crippen molar-refractivity contribution in [3.8, 4) is 0 Å². The lowest BCUT2D eigenvalue weighted by Crippen LogP contribution is -2.20. The zero-order valence-electron chi connectivity index (χ0n) is 15.1. The highest BCUT2D eigenvalue weighted by Gasteiger charge is 2.13. The summed E-state index contributed by atoms with van der Waals surface area (Å²) in [5.74, 6) is -1.13. The molecule has 0 saturated carbocycles. The Labute approximate surface area is 155 Å². The SMILES string of the molecule is CCOCCn1c(=NC(=O)c2ccccc2F)sc2c(C)cc(C)cc21. The van der Waals surface area contributed by atoms with Gasteiger partial charge < -0.3 is 9.30 Å². The van der Waals surface area contributed by atoms with Crippen molar-refractivity contribution in [1.82, 2.24) is 4.57 Å². The second-order valence-corrected chi connectivity index (χ2v) is 7.04. The fourth-order valence-corrected chi connectivity index (χ4v) is 4.00. The number of carbonyl (C=O) groups excluding carboxylic acids is 1. The predicted octanol–water partition coefficient (Wildman–Crippen LogP) is 4.24. The molecular formula is C20H21FN2O2S. The molecular weight excluding hydrogens is 351 g/mol. The van der Waals surface area contributed by atoms with E-state index >= 15 is 0 Å². The lowest BCUT2D eigenvalue weighted by Gasteiger charge is -2.07. The van der Waals surface area contributed by atoms with Crippen LogP contribution in [0.15, 0.2) is 41.4 Å². The number of hydrogen-bond donors (Lipinski definition) is 0. The number of aromatic nitrogens is 1. The lowest BCUT2D eigenvalue weighted by atomic mass is 10.1. The largest absolute Gasteiger partial charge is 0.380 e. The monoisotopic (exact) mass is 372 g/mol. The molecule has 1 aromatic heterocycles.